The van der Waals surface area contributed by atoms with Crippen LogP contribution in [0.1, 0.15) is 56.5 Å². The number of hydrogen-bond donors (Lipinski definition) is 2. The number of carbonyl (C=O) groups is 2. The minimum Gasteiger partial charge on any atom is -0.372 e. The number of hydrogen-bond acceptors (Lipinski definition) is 4. The van der Waals surface area contributed by atoms with E-state index in [1.807, 2.05) is 61.8 Å². The molecule has 2 saturated heterocycles. The van der Waals surface area contributed by atoms with Gasteiger partial charge in [0.1, 0.15) is 0 Å². The van der Waals surface area contributed by atoms with Crippen molar-refractivity contribution in [3.05, 3.63) is 35.4 Å². The van der Waals surface area contributed by atoms with Crippen LogP contribution in [-0.4, -0.2) is 78.5 Å². The van der Waals surface area contributed by atoms with Gasteiger partial charge in [0.2, 0.25) is 5.91 Å². The molecule has 2 heterocycles. The van der Waals surface area contributed by atoms with Gasteiger partial charge in [-0.15, -0.1) is 0 Å². The van der Waals surface area contributed by atoms with E-state index in [2.05, 4.69) is 10.6 Å². The van der Waals surface area contributed by atoms with E-state index in [1.54, 1.807) is 0 Å². The van der Waals surface area contributed by atoms with E-state index < -0.39 is 0 Å². The van der Waals surface area contributed by atoms with Crippen LogP contribution in [0.25, 0.3) is 0 Å². The Morgan fingerprint density at radius 3 is 2.38 bits per heavy atom. The van der Waals surface area contributed by atoms with Crippen molar-refractivity contribution in [1.82, 2.24) is 20.4 Å². The molecule has 8 nitrogen and oxygen atoms in total. The van der Waals surface area contributed by atoms with Gasteiger partial charge in [-0.25, -0.2) is 4.99 Å². The third kappa shape index (κ3) is 6.45. The molecule has 2 aliphatic heterocycles. The average Bonchev–Trinajstić information content (AvgIpc) is 3.25. The van der Waals surface area contributed by atoms with Crippen LogP contribution in [0.4, 0.5) is 0 Å². The van der Waals surface area contributed by atoms with Crippen LogP contribution in [-0.2, 0) is 16.1 Å². The molecule has 0 aliphatic carbocycles. The zero-order valence-electron chi connectivity index (χ0n) is 19.8. The predicted molar refractivity (Wildman–Crippen MR) is 126 cm³/mol. The number of nitrogens with one attached hydrogen (secondary N) is 2. The summed E-state index contributed by atoms with van der Waals surface area (Å²) in [4.78, 5) is 33.2. The zero-order valence-corrected chi connectivity index (χ0v) is 19.8. The van der Waals surface area contributed by atoms with Crippen molar-refractivity contribution in [1.29, 1.82) is 0 Å². The van der Waals surface area contributed by atoms with Crippen LogP contribution >= 0.6 is 0 Å². The largest absolute Gasteiger partial charge is 0.372 e. The van der Waals surface area contributed by atoms with Gasteiger partial charge in [0.15, 0.2) is 5.96 Å². The van der Waals surface area contributed by atoms with Crippen molar-refractivity contribution < 1.29 is 14.3 Å². The first-order chi connectivity index (χ1) is 15.4. The van der Waals surface area contributed by atoms with Gasteiger partial charge < -0.3 is 25.2 Å². The summed E-state index contributed by atoms with van der Waals surface area (Å²) in [6, 6.07) is 7.89. The number of nitrogens with zero attached hydrogens (tertiary/aromatic N) is 3. The molecule has 176 valence electrons. The van der Waals surface area contributed by atoms with Crippen LogP contribution < -0.4 is 10.6 Å². The highest BCUT2D eigenvalue weighted by Crippen LogP contribution is 2.15. The number of aliphatic imine (C=N–C) groups is 1. The lowest BCUT2D eigenvalue weighted by molar-refractivity contribution is -0.129. The van der Waals surface area contributed by atoms with Crippen LogP contribution in [0.2, 0.25) is 0 Å². The van der Waals surface area contributed by atoms with E-state index in [-0.39, 0.29) is 30.1 Å². The highest BCUT2D eigenvalue weighted by molar-refractivity contribution is 5.94. The maximum absolute atomic E-state index is 12.8. The molecule has 32 heavy (non-hydrogen) atoms. The molecule has 3 atom stereocenters. The first-order valence-corrected chi connectivity index (χ1v) is 11.8. The van der Waals surface area contributed by atoms with Crippen molar-refractivity contribution in [2.45, 2.75) is 65.3 Å². The topological polar surface area (TPSA) is 86.3 Å². The van der Waals surface area contributed by atoms with Crippen molar-refractivity contribution in [2.24, 2.45) is 4.99 Å². The predicted octanol–water partition coefficient (Wildman–Crippen LogP) is 2.00. The van der Waals surface area contributed by atoms with E-state index in [9.17, 15) is 9.59 Å². The Morgan fingerprint density at radius 2 is 1.75 bits per heavy atom. The standard InChI is InChI=1S/C24H37N5O3/c1-5-22(30)28-12-11-21(16-28)27-24(25-6-2)26-13-19-7-9-20(10-8-19)23(31)29-14-17(3)32-18(4)15-29/h7-10,17-18,21H,5-6,11-16H2,1-4H3,(H2,25,26,27). The van der Waals surface area contributed by atoms with E-state index in [4.69, 9.17) is 9.73 Å². The number of rotatable bonds is 6. The second kappa shape index (κ2) is 11.3. The molecular weight excluding hydrogens is 406 g/mol. The molecule has 1 aromatic rings. The molecule has 0 radical (unpaired) electrons. The van der Waals surface area contributed by atoms with Crippen LogP contribution in [0, 0.1) is 0 Å². The maximum Gasteiger partial charge on any atom is 0.254 e. The normalized spacial score (nSPS) is 23.9. The zero-order chi connectivity index (χ0) is 23.1. The third-order valence-electron chi connectivity index (χ3n) is 5.86. The van der Waals surface area contributed by atoms with Crippen LogP contribution in [0.3, 0.4) is 0 Å². The Balaban J connectivity index is 1.57. The summed E-state index contributed by atoms with van der Waals surface area (Å²) in [6.45, 7) is 12.0. The number of likely N-dealkylation sites (tertiary alicyclic amines) is 1. The molecule has 1 aromatic carbocycles. The number of benzene rings is 1. The Labute approximate surface area is 191 Å². The number of guanidine groups is 1. The summed E-state index contributed by atoms with van der Waals surface area (Å²) in [5, 5.41) is 6.73. The number of carbonyl (C=O) groups excluding carboxylic acids is 2. The highest BCUT2D eigenvalue weighted by Gasteiger charge is 2.27. The van der Waals surface area contributed by atoms with Crippen molar-refractivity contribution in [2.75, 3.05) is 32.7 Å². The van der Waals surface area contributed by atoms with E-state index >= 15 is 0 Å². The van der Waals surface area contributed by atoms with Gasteiger partial charge in [-0.1, -0.05) is 19.1 Å². The Kier molecular flexibility index (Phi) is 8.50. The second-order valence-corrected chi connectivity index (χ2v) is 8.68. The minimum absolute atomic E-state index is 0.0458. The molecule has 3 unspecified atom stereocenters. The summed E-state index contributed by atoms with van der Waals surface area (Å²) in [6.07, 6.45) is 1.58. The molecule has 2 amide bonds. The maximum atomic E-state index is 12.8. The van der Waals surface area contributed by atoms with Gasteiger partial charge in [0.05, 0.1) is 18.8 Å². The highest BCUT2D eigenvalue weighted by atomic mass is 16.5. The van der Waals surface area contributed by atoms with Crippen molar-refractivity contribution in [3.63, 3.8) is 0 Å². The van der Waals surface area contributed by atoms with Gasteiger partial charge in [0.25, 0.3) is 5.91 Å². The number of morpholine rings is 1. The Hall–Kier alpha value is -2.61. The van der Waals surface area contributed by atoms with E-state index in [0.717, 1.165) is 31.0 Å². The quantitative estimate of drug-likeness (QED) is 0.519. The van der Waals surface area contributed by atoms with Crippen molar-refractivity contribution >= 4 is 17.8 Å². The van der Waals surface area contributed by atoms with Gasteiger partial charge in [-0.05, 0) is 44.9 Å². The number of amides is 2. The SMILES string of the molecule is CCNC(=NCc1ccc(C(=O)N2CC(C)OC(C)C2)cc1)NC1CCN(C(=O)CC)C1. The summed E-state index contributed by atoms with van der Waals surface area (Å²) in [5.74, 6) is 0.996. The number of ether oxygens (including phenoxy) is 1. The average molecular weight is 444 g/mol. The van der Waals surface area contributed by atoms with Crippen LogP contribution in [0.15, 0.2) is 29.3 Å². The summed E-state index contributed by atoms with van der Waals surface area (Å²) in [5.41, 5.74) is 1.73. The lowest BCUT2D eigenvalue weighted by Gasteiger charge is -2.35. The lowest BCUT2D eigenvalue weighted by Crippen LogP contribution is -2.48. The monoisotopic (exact) mass is 443 g/mol. The molecular formula is C24H37N5O3. The molecule has 8 heteroatoms. The van der Waals surface area contributed by atoms with Gasteiger partial charge in [0, 0.05) is 50.7 Å². The van der Waals surface area contributed by atoms with Gasteiger partial charge >= 0.3 is 0 Å². The molecule has 3 rings (SSSR count). The molecule has 0 bridgehead atoms. The van der Waals surface area contributed by atoms with Crippen molar-refractivity contribution in [3.8, 4) is 0 Å². The molecule has 0 spiro atoms. The fourth-order valence-corrected chi connectivity index (χ4v) is 4.29. The Bertz CT molecular complexity index is 800. The smallest absolute Gasteiger partial charge is 0.254 e. The molecule has 2 aliphatic rings. The van der Waals surface area contributed by atoms with Gasteiger partial charge in [-0.2, -0.15) is 0 Å². The molecule has 2 N–H and O–H groups in total. The summed E-state index contributed by atoms with van der Waals surface area (Å²) in [7, 11) is 0. The molecule has 0 saturated carbocycles. The van der Waals surface area contributed by atoms with E-state index in [0.29, 0.717) is 38.2 Å². The fourth-order valence-electron chi connectivity index (χ4n) is 4.29. The first kappa shape index (κ1) is 24.0. The minimum atomic E-state index is 0.0458. The molecule has 0 aromatic heterocycles. The van der Waals surface area contributed by atoms with Gasteiger partial charge in [-0.3, -0.25) is 9.59 Å². The second-order valence-electron chi connectivity index (χ2n) is 8.68. The summed E-state index contributed by atoms with van der Waals surface area (Å²) < 4.78 is 5.73. The fraction of sp³-hybridized carbons (Fsp3) is 0.625. The molecule has 2 fully saturated rings. The van der Waals surface area contributed by atoms with E-state index in [1.165, 1.54) is 0 Å². The van der Waals surface area contributed by atoms with Crippen LogP contribution in [0.5, 0.6) is 0 Å². The first-order valence-electron chi connectivity index (χ1n) is 11.8. The Morgan fingerprint density at radius 1 is 1.06 bits per heavy atom. The third-order valence-corrected chi connectivity index (χ3v) is 5.86. The summed E-state index contributed by atoms with van der Waals surface area (Å²) >= 11 is 0. The lowest BCUT2D eigenvalue weighted by atomic mass is 10.1.